The standard InChI is InChI=1S/C9H8Cl2O2/c10-7-3-1-2-6(9(7)11)4-5-8(12)13/h1-3H,4-5H2,(H,12,13)/p-1. The minimum Gasteiger partial charge on any atom is -0.550 e. The van der Waals surface area contributed by atoms with E-state index in [2.05, 4.69) is 0 Å². The summed E-state index contributed by atoms with van der Waals surface area (Å²) >= 11 is 11.6. The first kappa shape index (κ1) is 10.4. The summed E-state index contributed by atoms with van der Waals surface area (Å²) < 4.78 is 0. The fourth-order valence-electron chi connectivity index (χ4n) is 0.978. The van der Waals surface area contributed by atoms with Crippen LogP contribution in [0.3, 0.4) is 0 Å². The van der Waals surface area contributed by atoms with Crippen LogP contribution in [0.15, 0.2) is 18.2 Å². The molecular weight excluding hydrogens is 211 g/mol. The Kier molecular flexibility index (Phi) is 3.58. The van der Waals surface area contributed by atoms with E-state index in [1.54, 1.807) is 18.2 Å². The van der Waals surface area contributed by atoms with Crippen molar-refractivity contribution in [2.75, 3.05) is 0 Å². The maximum absolute atomic E-state index is 10.2. The van der Waals surface area contributed by atoms with Crippen LogP contribution in [-0.2, 0) is 11.2 Å². The molecule has 0 unspecified atom stereocenters. The number of benzene rings is 1. The summed E-state index contributed by atoms with van der Waals surface area (Å²) in [5.41, 5.74) is 0.735. The lowest BCUT2D eigenvalue weighted by Crippen LogP contribution is -2.22. The van der Waals surface area contributed by atoms with E-state index in [0.717, 1.165) is 5.56 Å². The van der Waals surface area contributed by atoms with Crippen LogP contribution in [-0.4, -0.2) is 5.97 Å². The normalized spacial score (nSPS) is 10.0. The highest BCUT2D eigenvalue weighted by molar-refractivity contribution is 6.42. The Bertz CT molecular complexity index is 323. The van der Waals surface area contributed by atoms with Crippen molar-refractivity contribution in [1.82, 2.24) is 0 Å². The molecule has 13 heavy (non-hydrogen) atoms. The van der Waals surface area contributed by atoms with Crippen molar-refractivity contribution in [2.24, 2.45) is 0 Å². The van der Waals surface area contributed by atoms with Gasteiger partial charge in [0.25, 0.3) is 0 Å². The number of carboxylic acid groups (broad SMARTS) is 1. The Balaban J connectivity index is 2.77. The third kappa shape index (κ3) is 2.90. The predicted octanol–water partition coefficient (Wildman–Crippen LogP) is 1.68. The molecule has 0 fully saturated rings. The van der Waals surface area contributed by atoms with E-state index in [1.807, 2.05) is 0 Å². The fourth-order valence-corrected chi connectivity index (χ4v) is 1.39. The van der Waals surface area contributed by atoms with Crippen LogP contribution in [0.2, 0.25) is 10.0 Å². The molecule has 0 N–H and O–H groups in total. The zero-order valence-electron chi connectivity index (χ0n) is 6.72. The van der Waals surface area contributed by atoms with Crippen molar-refractivity contribution < 1.29 is 9.90 Å². The number of carbonyl (C=O) groups excluding carboxylic acids is 1. The number of aryl methyl sites for hydroxylation is 1. The van der Waals surface area contributed by atoms with Crippen LogP contribution in [0.4, 0.5) is 0 Å². The molecule has 0 aromatic heterocycles. The monoisotopic (exact) mass is 217 g/mol. The quantitative estimate of drug-likeness (QED) is 0.774. The highest BCUT2D eigenvalue weighted by Gasteiger charge is 2.03. The minimum absolute atomic E-state index is 0.0416. The summed E-state index contributed by atoms with van der Waals surface area (Å²) in [6.45, 7) is 0. The van der Waals surface area contributed by atoms with E-state index in [0.29, 0.717) is 16.5 Å². The van der Waals surface area contributed by atoms with Crippen molar-refractivity contribution in [3.05, 3.63) is 33.8 Å². The number of halogens is 2. The minimum atomic E-state index is -1.09. The van der Waals surface area contributed by atoms with Gasteiger partial charge in [0, 0.05) is 5.97 Å². The highest BCUT2D eigenvalue weighted by Crippen LogP contribution is 2.26. The molecule has 0 spiro atoms. The Morgan fingerprint density at radius 3 is 2.69 bits per heavy atom. The topological polar surface area (TPSA) is 40.1 Å². The van der Waals surface area contributed by atoms with Gasteiger partial charge in [-0.2, -0.15) is 0 Å². The van der Waals surface area contributed by atoms with E-state index in [-0.39, 0.29) is 6.42 Å². The summed E-state index contributed by atoms with van der Waals surface area (Å²) in [6, 6.07) is 5.14. The van der Waals surface area contributed by atoms with Gasteiger partial charge in [-0.05, 0) is 24.5 Å². The van der Waals surface area contributed by atoms with Gasteiger partial charge in [0.05, 0.1) is 10.0 Å². The average Bonchev–Trinajstić information content (AvgIpc) is 2.07. The molecule has 0 atom stereocenters. The zero-order valence-corrected chi connectivity index (χ0v) is 8.23. The van der Waals surface area contributed by atoms with Crippen LogP contribution >= 0.6 is 23.2 Å². The maximum atomic E-state index is 10.2. The van der Waals surface area contributed by atoms with Crippen molar-refractivity contribution >= 4 is 29.2 Å². The van der Waals surface area contributed by atoms with Crippen molar-refractivity contribution in [3.63, 3.8) is 0 Å². The van der Waals surface area contributed by atoms with Crippen LogP contribution in [0.1, 0.15) is 12.0 Å². The lowest BCUT2D eigenvalue weighted by molar-refractivity contribution is -0.305. The Morgan fingerprint density at radius 1 is 1.38 bits per heavy atom. The van der Waals surface area contributed by atoms with Gasteiger partial charge in [0.15, 0.2) is 0 Å². The van der Waals surface area contributed by atoms with Crippen molar-refractivity contribution in [3.8, 4) is 0 Å². The fraction of sp³-hybridized carbons (Fsp3) is 0.222. The molecule has 4 heteroatoms. The lowest BCUT2D eigenvalue weighted by atomic mass is 10.1. The first-order valence-electron chi connectivity index (χ1n) is 3.74. The highest BCUT2D eigenvalue weighted by atomic mass is 35.5. The SMILES string of the molecule is O=C([O-])CCc1cccc(Cl)c1Cl. The molecule has 1 aromatic carbocycles. The second-order valence-corrected chi connectivity index (χ2v) is 3.37. The van der Waals surface area contributed by atoms with Gasteiger partial charge >= 0.3 is 0 Å². The molecule has 0 saturated carbocycles. The molecule has 0 saturated heterocycles. The molecule has 0 heterocycles. The molecule has 0 amide bonds. The van der Waals surface area contributed by atoms with E-state index >= 15 is 0 Å². The summed E-state index contributed by atoms with van der Waals surface area (Å²) in [5.74, 6) is -1.09. The zero-order chi connectivity index (χ0) is 9.84. The maximum Gasteiger partial charge on any atom is 0.0624 e. The van der Waals surface area contributed by atoms with Crippen LogP contribution < -0.4 is 5.11 Å². The summed E-state index contributed by atoms with van der Waals surface area (Å²) in [7, 11) is 0. The Hall–Kier alpha value is -0.730. The third-order valence-corrected chi connectivity index (χ3v) is 2.49. The largest absolute Gasteiger partial charge is 0.550 e. The van der Waals surface area contributed by atoms with E-state index in [9.17, 15) is 9.90 Å². The van der Waals surface area contributed by atoms with Crippen LogP contribution in [0, 0.1) is 0 Å². The Morgan fingerprint density at radius 2 is 2.08 bits per heavy atom. The number of aliphatic carboxylic acids is 1. The summed E-state index contributed by atoms with van der Waals surface area (Å²) in [5, 5.41) is 11.0. The molecule has 0 bridgehead atoms. The molecule has 0 aliphatic rings. The van der Waals surface area contributed by atoms with Crippen LogP contribution in [0.25, 0.3) is 0 Å². The van der Waals surface area contributed by atoms with Gasteiger partial charge in [0.1, 0.15) is 0 Å². The number of carboxylic acids is 1. The lowest BCUT2D eigenvalue weighted by Gasteiger charge is -2.05. The van der Waals surface area contributed by atoms with Crippen molar-refractivity contribution in [2.45, 2.75) is 12.8 Å². The number of rotatable bonds is 3. The first-order chi connectivity index (χ1) is 6.11. The number of hydrogen-bond acceptors (Lipinski definition) is 2. The van der Waals surface area contributed by atoms with Gasteiger partial charge in [-0.25, -0.2) is 0 Å². The second-order valence-electron chi connectivity index (χ2n) is 2.58. The van der Waals surface area contributed by atoms with Gasteiger partial charge < -0.3 is 9.90 Å². The molecular formula is C9H7Cl2O2-. The Labute approximate surface area is 86.1 Å². The van der Waals surface area contributed by atoms with Crippen molar-refractivity contribution in [1.29, 1.82) is 0 Å². The van der Waals surface area contributed by atoms with E-state index in [4.69, 9.17) is 23.2 Å². The predicted molar refractivity (Wildman–Crippen MR) is 49.8 cm³/mol. The number of hydrogen-bond donors (Lipinski definition) is 0. The first-order valence-corrected chi connectivity index (χ1v) is 4.49. The van der Waals surface area contributed by atoms with Gasteiger partial charge in [-0.3, -0.25) is 0 Å². The molecule has 0 aliphatic heterocycles. The average molecular weight is 218 g/mol. The van der Waals surface area contributed by atoms with Gasteiger partial charge in [0.2, 0.25) is 0 Å². The molecule has 1 rings (SSSR count). The molecule has 0 aliphatic carbocycles. The third-order valence-electron chi connectivity index (χ3n) is 1.63. The molecule has 2 nitrogen and oxygen atoms in total. The van der Waals surface area contributed by atoms with Crippen LogP contribution in [0.5, 0.6) is 0 Å². The summed E-state index contributed by atoms with van der Waals surface area (Å²) in [4.78, 5) is 10.2. The number of carbonyl (C=O) groups is 1. The van der Waals surface area contributed by atoms with Gasteiger partial charge in [-0.1, -0.05) is 35.3 Å². The smallest absolute Gasteiger partial charge is 0.0624 e. The molecule has 70 valence electrons. The van der Waals surface area contributed by atoms with E-state index in [1.165, 1.54) is 0 Å². The molecule has 1 aromatic rings. The molecule has 0 radical (unpaired) electrons. The van der Waals surface area contributed by atoms with E-state index < -0.39 is 5.97 Å². The summed E-state index contributed by atoms with van der Waals surface area (Å²) in [6.07, 6.45) is 0.307. The second kappa shape index (κ2) is 4.49. The van der Waals surface area contributed by atoms with Gasteiger partial charge in [-0.15, -0.1) is 0 Å².